The fourth-order valence-corrected chi connectivity index (χ4v) is 4.31. The van der Waals surface area contributed by atoms with Crippen molar-refractivity contribution >= 4 is 46.2 Å². The summed E-state index contributed by atoms with van der Waals surface area (Å²) in [4.78, 5) is 41.7. The molecule has 3 atom stereocenters. The number of halogens is 2. The first kappa shape index (κ1) is 24.8. The first-order valence-corrected chi connectivity index (χ1v) is 11.0. The van der Waals surface area contributed by atoms with Gasteiger partial charge in [-0.1, -0.05) is 47.0 Å². The standard InChI is InChI=1S/C22H20ClFN8O4/c23-13-6-3-4-11(17(13)24)8-27-20(34)18-19(33)15(29-30-26)10-32(18)22(36)28-14-9-31(21(25)35)16-7-2-1-5-12(14)16/h1-7,9,15,18-19,33H,8,10H2,(H2,25,35)(H,27,34)(H,28,36)/t15-,18+,19+/m1/s1. The lowest BCUT2D eigenvalue weighted by Gasteiger charge is -2.25. The molecule has 0 saturated carbocycles. The molecule has 1 aromatic heterocycles. The second-order valence-electron chi connectivity index (χ2n) is 7.99. The fraction of sp³-hybridized carbons (Fsp3) is 0.227. The van der Waals surface area contributed by atoms with E-state index in [0.29, 0.717) is 10.9 Å². The number of nitrogens with two attached hydrogens (primary N) is 1. The smallest absolute Gasteiger partial charge is 0.323 e. The monoisotopic (exact) mass is 514 g/mol. The number of aliphatic hydroxyl groups excluding tert-OH is 1. The number of urea groups is 1. The molecule has 1 aliphatic rings. The number of anilines is 1. The lowest BCUT2D eigenvalue weighted by Crippen LogP contribution is -2.51. The maximum Gasteiger partial charge on any atom is 0.323 e. The van der Waals surface area contributed by atoms with Crippen molar-refractivity contribution in [3.05, 3.63) is 75.5 Å². The van der Waals surface area contributed by atoms with Crippen LogP contribution in [0.25, 0.3) is 21.3 Å². The maximum absolute atomic E-state index is 14.2. The van der Waals surface area contributed by atoms with Gasteiger partial charge in [0.25, 0.3) is 0 Å². The molecular formula is C22H20ClFN8O4. The van der Waals surface area contributed by atoms with Crippen LogP contribution in [0.3, 0.4) is 0 Å². The van der Waals surface area contributed by atoms with Crippen molar-refractivity contribution in [1.82, 2.24) is 14.8 Å². The zero-order valence-electron chi connectivity index (χ0n) is 18.5. The predicted octanol–water partition coefficient (Wildman–Crippen LogP) is 2.93. The van der Waals surface area contributed by atoms with E-state index in [1.165, 1.54) is 24.4 Å². The number of fused-ring (bicyclic) bond motifs is 1. The highest BCUT2D eigenvalue weighted by atomic mass is 35.5. The van der Waals surface area contributed by atoms with Gasteiger partial charge in [-0.3, -0.25) is 9.36 Å². The molecule has 14 heteroatoms. The minimum atomic E-state index is -1.53. The second kappa shape index (κ2) is 10.1. The highest BCUT2D eigenvalue weighted by molar-refractivity contribution is 6.30. The molecule has 4 amide bonds. The quantitative estimate of drug-likeness (QED) is 0.232. The Morgan fingerprint density at radius 3 is 2.72 bits per heavy atom. The summed E-state index contributed by atoms with van der Waals surface area (Å²) < 4.78 is 15.4. The fourth-order valence-electron chi connectivity index (χ4n) is 4.12. The Bertz CT molecular complexity index is 1410. The number of nitrogens with one attached hydrogen (secondary N) is 2. The van der Waals surface area contributed by atoms with Crippen LogP contribution in [0.1, 0.15) is 5.56 Å². The second-order valence-corrected chi connectivity index (χ2v) is 8.40. The first-order chi connectivity index (χ1) is 17.2. The number of carbonyl (C=O) groups is 3. The summed E-state index contributed by atoms with van der Waals surface area (Å²) in [5.74, 6) is -1.51. The predicted molar refractivity (Wildman–Crippen MR) is 129 cm³/mol. The third-order valence-electron chi connectivity index (χ3n) is 5.84. The van der Waals surface area contributed by atoms with Crippen LogP contribution in [0.5, 0.6) is 0 Å². The van der Waals surface area contributed by atoms with Crippen LogP contribution >= 0.6 is 11.6 Å². The Balaban J connectivity index is 1.58. The number of hydrogen-bond donors (Lipinski definition) is 4. The zero-order chi connectivity index (χ0) is 26.0. The number of para-hydroxylation sites is 1. The SMILES string of the molecule is [N-]=[N+]=N[C@@H]1CN(C(=O)Nc2cn(C(N)=O)c3ccccc23)[C@H](C(=O)NCc2cccc(Cl)c2F)[C@H]1O. The Kier molecular flexibility index (Phi) is 6.97. The number of azide groups is 1. The van der Waals surface area contributed by atoms with Gasteiger partial charge in [-0.05, 0) is 17.7 Å². The number of aromatic nitrogens is 1. The molecule has 5 N–H and O–H groups in total. The summed E-state index contributed by atoms with van der Waals surface area (Å²) in [7, 11) is 0. The maximum atomic E-state index is 14.2. The molecule has 1 fully saturated rings. The van der Waals surface area contributed by atoms with E-state index in [4.69, 9.17) is 22.9 Å². The van der Waals surface area contributed by atoms with Crippen molar-refractivity contribution in [3.63, 3.8) is 0 Å². The molecular weight excluding hydrogens is 495 g/mol. The van der Waals surface area contributed by atoms with E-state index >= 15 is 0 Å². The van der Waals surface area contributed by atoms with Crippen LogP contribution in [0, 0.1) is 5.82 Å². The zero-order valence-corrected chi connectivity index (χ0v) is 19.3. The molecule has 0 aliphatic carbocycles. The molecule has 4 rings (SSSR count). The van der Waals surface area contributed by atoms with Gasteiger partial charge in [0.1, 0.15) is 11.9 Å². The lowest BCUT2D eigenvalue weighted by atomic mass is 10.1. The third kappa shape index (κ3) is 4.62. The molecule has 0 bridgehead atoms. The summed E-state index contributed by atoms with van der Waals surface area (Å²) in [5.41, 5.74) is 15.0. The molecule has 2 aromatic carbocycles. The Morgan fingerprint density at radius 1 is 1.25 bits per heavy atom. The van der Waals surface area contributed by atoms with Gasteiger partial charge in [0.15, 0.2) is 0 Å². The van der Waals surface area contributed by atoms with Gasteiger partial charge in [0.2, 0.25) is 5.91 Å². The van der Waals surface area contributed by atoms with Crippen LogP contribution in [0.4, 0.5) is 19.7 Å². The molecule has 0 unspecified atom stereocenters. The van der Waals surface area contributed by atoms with Crippen molar-refractivity contribution in [2.45, 2.75) is 24.7 Å². The molecule has 36 heavy (non-hydrogen) atoms. The van der Waals surface area contributed by atoms with Crippen molar-refractivity contribution in [1.29, 1.82) is 0 Å². The van der Waals surface area contributed by atoms with Crippen LogP contribution in [0.2, 0.25) is 5.02 Å². The molecule has 3 aromatic rings. The van der Waals surface area contributed by atoms with E-state index in [2.05, 4.69) is 20.7 Å². The number of likely N-dealkylation sites (tertiary alicyclic amines) is 1. The van der Waals surface area contributed by atoms with Crippen molar-refractivity contribution < 1.29 is 23.9 Å². The van der Waals surface area contributed by atoms with Gasteiger partial charge >= 0.3 is 12.1 Å². The molecule has 1 saturated heterocycles. The first-order valence-electron chi connectivity index (χ1n) is 10.6. The Labute approximate surface area is 208 Å². The average Bonchev–Trinajstić information content (AvgIpc) is 3.38. The highest BCUT2D eigenvalue weighted by Gasteiger charge is 2.47. The van der Waals surface area contributed by atoms with Gasteiger partial charge in [0.05, 0.1) is 28.4 Å². The Hall–Kier alpha value is -4.32. The third-order valence-corrected chi connectivity index (χ3v) is 6.13. The number of benzene rings is 2. The molecule has 0 spiro atoms. The molecule has 12 nitrogen and oxygen atoms in total. The number of nitrogens with zero attached hydrogens (tertiary/aromatic N) is 5. The number of aliphatic hydroxyl groups is 1. The summed E-state index contributed by atoms with van der Waals surface area (Å²) in [5, 5.41) is 19.6. The molecule has 0 radical (unpaired) electrons. The van der Waals surface area contributed by atoms with Crippen molar-refractivity contribution in [3.8, 4) is 0 Å². The van der Waals surface area contributed by atoms with Gasteiger partial charge < -0.3 is 26.4 Å². The summed E-state index contributed by atoms with van der Waals surface area (Å²) in [6.07, 6.45) is -0.193. The molecule has 1 aliphatic heterocycles. The lowest BCUT2D eigenvalue weighted by molar-refractivity contribution is -0.127. The van der Waals surface area contributed by atoms with Crippen molar-refractivity contribution in [2.24, 2.45) is 10.8 Å². The van der Waals surface area contributed by atoms with Gasteiger partial charge in [-0.15, -0.1) is 0 Å². The van der Waals surface area contributed by atoms with E-state index in [0.717, 1.165) is 9.47 Å². The van der Waals surface area contributed by atoms with Crippen LogP contribution in [-0.2, 0) is 11.3 Å². The van der Waals surface area contributed by atoms with E-state index < -0.39 is 42.0 Å². The molecule has 186 valence electrons. The summed E-state index contributed by atoms with van der Waals surface area (Å²) in [6.45, 7) is -0.530. The van der Waals surface area contributed by atoms with Gasteiger partial charge in [-0.25, -0.2) is 14.0 Å². The van der Waals surface area contributed by atoms with Crippen molar-refractivity contribution in [2.75, 3.05) is 11.9 Å². The number of rotatable bonds is 5. The van der Waals surface area contributed by atoms with E-state index in [-0.39, 0.29) is 29.4 Å². The van der Waals surface area contributed by atoms with Crippen LogP contribution in [0.15, 0.2) is 53.8 Å². The number of carbonyl (C=O) groups excluding carboxylic acids is 3. The largest absolute Gasteiger partial charge is 0.390 e. The topological polar surface area (TPSA) is 178 Å². The normalized spacial score (nSPS) is 19.1. The number of hydrogen-bond acceptors (Lipinski definition) is 5. The molecule has 2 heterocycles. The summed E-state index contributed by atoms with van der Waals surface area (Å²) in [6, 6.07) is 6.86. The minimum Gasteiger partial charge on any atom is -0.390 e. The summed E-state index contributed by atoms with van der Waals surface area (Å²) >= 11 is 5.77. The Morgan fingerprint density at radius 2 is 2.00 bits per heavy atom. The van der Waals surface area contributed by atoms with E-state index in [1.807, 2.05) is 0 Å². The number of amides is 4. The van der Waals surface area contributed by atoms with Gasteiger partial charge in [0, 0.05) is 35.1 Å². The van der Waals surface area contributed by atoms with E-state index in [9.17, 15) is 23.9 Å². The van der Waals surface area contributed by atoms with Crippen LogP contribution < -0.4 is 16.4 Å². The van der Waals surface area contributed by atoms with E-state index in [1.54, 1.807) is 24.3 Å². The average molecular weight is 515 g/mol. The van der Waals surface area contributed by atoms with Gasteiger partial charge in [-0.2, -0.15) is 0 Å². The highest BCUT2D eigenvalue weighted by Crippen LogP contribution is 2.28. The minimum absolute atomic E-state index is 0.102. The number of primary amides is 1. The van der Waals surface area contributed by atoms with Crippen LogP contribution in [-0.4, -0.2) is 57.3 Å².